The topological polar surface area (TPSA) is 41.1 Å². The van der Waals surface area contributed by atoms with Gasteiger partial charge in [0.05, 0.1) is 17.8 Å². The number of benzene rings is 1. The van der Waals surface area contributed by atoms with Crippen LogP contribution in [0.1, 0.15) is 36.4 Å². The van der Waals surface area contributed by atoms with E-state index in [1.165, 1.54) is 40.4 Å². The second-order valence-corrected chi connectivity index (χ2v) is 7.19. The number of hydrogen-bond acceptors (Lipinski definition) is 3. The van der Waals surface area contributed by atoms with Crippen LogP contribution < -0.4 is 4.74 Å². The van der Waals surface area contributed by atoms with Gasteiger partial charge in [0.15, 0.2) is 0 Å². The second kappa shape index (κ2) is 6.10. The van der Waals surface area contributed by atoms with Gasteiger partial charge >= 0.3 is 0 Å². The Balaban J connectivity index is 1.68. The zero-order valence-corrected chi connectivity index (χ0v) is 14.7. The van der Waals surface area contributed by atoms with Gasteiger partial charge in [-0.25, -0.2) is 0 Å². The number of H-pyrrole nitrogens is 1. The number of rotatable bonds is 6. The lowest BCUT2D eigenvalue weighted by Gasteiger charge is -2.12. The number of fused-ring (bicyclic) bond motifs is 3. The summed E-state index contributed by atoms with van der Waals surface area (Å²) in [6, 6.07) is 6.48. The van der Waals surface area contributed by atoms with Crippen LogP contribution in [0, 0.1) is 6.92 Å². The first-order chi connectivity index (χ1) is 11.6. The summed E-state index contributed by atoms with van der Waals surface area (Å²) in [5, 5.41) is 2.58. The maximum absolute atomic E-state index is 6.02. The van der Waals surface area contributed by atoms with Crippen molar-refractivity contribution in [2.75, 3.05) is 27.2 Å². The highest BCUT2D eigenvalue weighted by Gasteiger charge is 2.28. The molecule has 1 fully saturated rings. The molecule has 0 unspecified atom stereocenters. The van der Waals surface area contributed by atoms with Crippen molar-refractivity contribution in [2.45, 2.75) is 32.1 Å². The van der Waals surface area contributed by atoms with Crippen LogP contribution in [0.25, 0.3) is 21.8 Å². The van der Waals surface area contributed by atoms with Crippen molar-refractivity contribution in [1.82, 2.24) is 14.9 Å². The van der Waals surface area contributed by atoms with Gasteiger partial charge in [-0.05, 0) is 58.0 Å². The van der Waals surface area contributed by atoms with Crippen LogP contribution in [0.15, 0.2) is 24.4 Å². The number of hydrogen-bond donors (Lipinski definition) is 1. The second-order valence-electron chi connectivity index (χ2n) is 7.19. The highest BCUT2D eigenvalue weighted by atomic mass is 16.5. The van der Waals surface area contributed by atoms with Crippen LogP contribution in [-0.4, -0.2) is 42.1 Å². The molecule has 4 rings (SSSR count). The third-order valence-electron chi connectivity index (χ3n) is 4.81. The minimum absolute atomic E-state index is 0.648. The molecule has 3 aromatic rings. The summed E-state index contributed by atoms with van der Waals surface area (Å²) in [6.07, 6.45) is 5.50. The Morgan fingerprint density at radius 1 is 1.25 bits per heavy atom. The van der Waals surface area contributed by atoms with Crippen LogP contribution in [0.5, 0.6) is 5.75 Å². The number of nitrogens with zero attached hydrogens (tertiary/aromatic N) is 2. The number of aromatic amines is 1. The minimum Gasteiger partial charge on any atom is -0.493 e. The Kier molecular flexibility index (Phi) is 3.93. The average Bonchev–Trinajstić information content (AvgIpc) is 3.33. The smallest absolute Gasteiger partial charge is 0.124 e. The third-order valence-corrected chi connectivity index (χ3v) is 4.81. The van der Waals surface area contributed by atoms with E-state index in [1.807, 2.05) is 6.20 Å². The molecule has 0 spiro atoms. The molecule has 126 valence electrons. The lowest BCUT2D eigenvalue weighted by atomic mass is 10.1. The molecule has 4 heteroatoms. The van der Waals surface area contributed by atoms with Gasteiger partial charge in [0, 0.05) is 41.0 Å². The minimum atomic E-state index is 0.648. The molecule has 24 heavy (non-hydrogen) atoms. The van der Waals surface area contributed by atoms with Crippen molar-refractivity contribution in [3.05, 3.63) is 35.7 Å². The van der Waals surface area contributed by atoms with E-state index < -0.39 is 0 Å². The molecule has 1 aliphatic rings. The molecule has 4 nitrogen and oxygen atoms in total. The normalized spacial score (nSPS) is 14.8. The predicted octanol–water partition coefficient (Wildman–Crippen LogP) is 4.23. The number of ether oxygens (including phenoxy) is 1. The summed E-state index contributed by atoms with van der Waals surface area (Å²) in [4.78, 5) is 10.4. The number of nitrogens with one attached hydrogen (secondary N) is 1. The Labute approximate surface area is 142 Å². The summed E-state index contributed by atoms with van der Waals surface area (Å²) in [7, 11) is 4.18. The van der Waals surface area contributed by atoms with Crippen molar-refractivity contribution in [1.29, 1.82) is 0 Å². The van der Waals surface area contributed by atoms with Gasteiger partial charge in [-0.15, -0.1) is 0 Å². The molecule has 2 heterocycles. The van der Waals surface area contributed by atoms with E-state index in [4.69, 9.17) is 4.74 Å². The summed E-state index contributed by atoms with van der Waals surface area (Å²) in [5.74, 6) is 1.63. The van der Waals surface area contributed by atoms with Crippen molar-refractivity contribution < 1.29 is 4.74 Å². The van der Waals surface area contributed by atoms with E-state index >= 15 is 0 Å². The largest absolute Gasteiger partial charge is 0.493 e. The van der Waals surface area contributed by atoms with Crippen LogP contribution in [0.3, 0.4) is 0 Å². The molecule has 0 aliphatic heterocycles. The molecule has 0 radical (unpaired) electrons. The molecular formula is C20H25N3O. The van der Waals surface area contributed by atoms with E-state index in [0.29, 0.717) is 5.92 Å². The predicted molar refractivity (Wildman–Crippen MR) is 99.0 cm³/mol. The Bertz CT molecular complexity index is 877. The van der Waals surface area contributed by atoms with Gasteiger partial charge in [0.2, 0.25) is 0 Å². The first-order valence-corrected chi connectivity index (χ1v) is 8.82. The van der Waals surface area contributed by atoms with Gasteiger partial charge < -0.3 is 14.6 Å². The molecule has 0 bridgehead atoms. The maximum atomic E-state index is 6.02. The van der Waals surface area contributed by atoms with Gasteiger partial charge in [-0.2, -0.15) is 0 Å². The summed E-state index contributed by atoms with van der Waals surface area (Å²) >= 11 is 0. The quantitative estimate of drug-likeness (QED) is 0.690. The highest BCUT2D eigenvalue weighted by molar-refractivity contribution is 6.09. The standard InChI is InChI=1S/C20H25N3O/c1-13-11-15-17(12-18(13)24-10-4-9-23(2)3)22-16-7-8-21-20(19(15)16)14-5-6-14/h7-8,11-12,14,22H,4-6,9-10H2,1-3H3. The molecule has 1 N–H and O–H groups in total. The number of aryl methyl sites for hydroxylation is 1. The van der Waals surface area contributed by atoms with E-state index in [-0.39, 0.29) is 0 Å². The molecule has 0 saturated heterocycles. The van der Waals surface area contributed by atoms with Gasteiger partial charge in [-0.1, -0.05) is 0 Å². The zero-order chi connectivity index (χ0) is 16.7. The third kappa shape index (κ3) is 2.86. The van der Waals surface area contributed by atoms with E-state index in [9.17, 15) is 0 Å². The van der Waals surface area contributed by atoms with Crippen molar-refractivity contribution in [3.63, 3.8) is 0 Å². The van der Waals surface area contributed by atoms with E-state index in [2.05, 4.69) is 54.1 Å². The molecule has 1 aliphatic carbocycles. The summed E-state index contributed by atoms with van der Waals surface area (Å²) in [6.45, 7) is 3.93. The average molecular weight is 323 g/mol. The summed E-state index contributed by atoms with van der Waals surface area (Å²) < 4.78 is 6.02. The Morgan fingerprint density at radius 2 is 2.08 bits per heavy atom. The highest BCUT2D eigenvalue weighted by Crippen LogP contribution is 2.44. The molecule has 0 amide bonds. The van der Waals surface area contributed by atoms with E-state index in [0.717, 1.165) is 30.8 Å². The van der Waals surface area contributed by atoms with Crippen molar-refractivity contribution in [3.8, 4) is 5.75 Å². The van der Waals surface area contributed by atoms with Gasteiger partial charge in [-0.3, -0.25) is 4.98 Å². The fourth-order valence-corrected chi connectivity index (χ4v) is 3.39. The summed E-state index contributed by atoms with van der Waals surface area (Å²) in [5.41, 5.74) is 4.79. The molecule has 1 saturated carbocycles. The van der Waals surface area contributed by atoms with Crippen molar-refractivity contribution in [2.24, 2.45) is 0 Å². The maximum Gasteiger partial charge on any atom is 0.124 e. The fourth-order valence-electron chi connectivity index (χ4n) is 3.39. The van der Waals surface area contributed by atoms with Gasteiger partial charge in [0.1, 0.15) is 5.75 Å². The first-order valence-electron chi connectivity index (χ1n) is 8.82. The lowest BCUT2D eigenvalue weighted by Crippen LogP contribution is -2.15. The number of pyridine rings is 1. The molecule has 0 atom stereocenters. The van der Waals surface area contributed by atoms with Crippen molar-refractivity contribution >= 4 is 21.8 Å². The van der Waals surface area contributed by atoms with Crippen LogP contribution in [0.4, 0.5) is 0 Å². The van der Waals surface area contributed by atoms with Crippen LogP contribution in [0.2, 0.25) is 0 Å². The molecular weight excluding hydrogens is 298 g/mol. The van der Waals surface area contributed by atoms with Gasteiger partial charge in [0.25, 0.3) is 0 Å². The SMILES string of the molecule is Cc1cc2c(cc1OCCCN(C)C)[nH]c1ccnc(C3CC3)c12. The Hall–Kier alpha value is -2.07. The fraction of sp³-hybridized carbons (Fsp3) is 0.450. The molecule has 1 aromatic carbocycles. The van der Waals surface area contributed by atoms with Crippen LogP contribution in [-0.2, 0) is 0 Å². The first kappa shape index (κ1) is 15.5. The number of aromatic nitrogens is 2. The van der Waals surface area contributed by atoms with E-state index in [1.54, 1.807) is 0 Å². The van der Waals surface area contributed by atoms with Crippen LogP contribution >= 0.6 is 0 Å². The lowest BCUT2D eigenvalue weighted by molar-refractivity contribution is 0.280. The zero-order valence-electron chi connectivity index (χ0n) is 14.7. The Morgan fingerprint density at radius 3 is 2.83 bits per heavy atom. The molecule has 2 aromatic heterocycles. The monoisotopic (exact) mass is 323 g/mol.